The molecule has 2 N–H and O–H groups in total. The minimum atomic E-state index is -0.249. The number of benzene rings is 2. The van der Waals surface area contributed by atoms with Crippen molar-refractivity contribution in [3.63, 3.8) is 0 Å². The number of hydrogen-bond donors (Lipinski definition) is 2. The molecule has 1 amide bonds. The molecule has 4 aromatic rings. The zero-order chi connectivity index (χ0) is 27.7. The molecule has 1 atom stereocenters. The highest BCUT2D eigenvalue weighted by molar-refractivity contribution is 6.03. The van der Waals surface area contributed by atoms with Gasteiger partial charge in [-0.05, 0) is 56.6 Å². The molecule has 10 heteroatoms. The Labute approximate surface area is 233 Å². The average molecular weight is 541 g/mol. The fourth-order valence-electron chi connectivity index (χ4n) is 4.12. The lowest BCUT2D eigenvalue weighted by Crippen LogP contribution is -2.18. The van der Waals surface area contributed by atoms with E-state index in [1.807, 2.05) is 79.7 Å². The molecular formula is C30H32N6O4. The van der Waals surface area contributed by atoms with E-state index in [1.165, 1.54) is 12.4 Å². The first-order valence-electron chi connectivity index (χ1n) is 13.1. The summed E-state index contributed by atoms with van der Waals surface area (Å²) in [4.78, 5) is 27.9. The minimum Gasteiger partial charge on any atom is -0.487 e. The lowest BCUT2D eigenvalue weighted by atomic mass is 10.1. The maximum absolute atomic E-state index is 12.7. The molecule has 1 fully saturated rings. The first kappa shape index (κ1) is 27.0. The van der Waals surface area contributed by atoms with Crippen LogP contribution in [0, 0.1) is 0 Å². The summed E-state index contributed by atoms with van der Waals surface area (Å²) in [5.74, 6) is 1.62. The van der Waals surface area contributed by atoms with Crippen LogP contribution in [0.5, 0.6) is 11.5 Å². The molecule has 5 rings (SSSR count). The molecule has 1 saturated heterocycles. The second-order valence-corrected chi connectivity index (χ2v) is 9.60. The third-order valence-corrected chi connectivity index (χ3v) is 6.15. The number of carbonyl (C=O) groups excluding carboxylic acids is 1. The number of carbonyl (C=O) groups is 1. The van der Waals surface area contributed by atoms with Gasteiger partial charge < -0.3 is 29.7 Å². The highest BCUT2D eigenvalue weighted by atomic mass is 16.5. The number of likely N-dealkylation sites (N-methyl/N-ethyl adjacent to an activating group) is 1. The number of nitrogens with one attached hydrogen (secondary N) is 2. The van der Waals surface area contributed by atoms with Gasteiger partial charge in [0.2, 0.25) is 5.91 Å². The van der Waals surface area contributed by atoms with Gasteiger partial charge in [0.1, 0.15) is 36.4 Å². The Bertz CT molecular complexity index is 1450. The molecule has 10 nitrogen and oxygen atoms in total. The Kier molecular flexibility index (Phi) is 8.79. The number of ether oxygens (including phenoxy) is 3. The highest BCUT2D eigenvalue weighted by Crippen LogP contribution is 2.35. The maximum atomic E-state index is 12.7. The second-order valence-electron chi connectivity index (χ2n) is 9.60. The molecule has 0 unspecified atom stereocenters. The number of aromatic nitrogens is 3. The molecule has 40 heavy (non-hydrogen) atoms. The van der Waals surface area contributed by atoms with Gasteiger partial charge in [-0.1, -0.05) is 12.1 Å². The van der Waals surface area contributed by atoms with Crippen molar-refractivity contribution in [1.82, 2.24) is 19.9 Å². The largest absolute Gasteiger partial charge is 0.487 e. The number of hydrogen-bond acceptors (Lipinski definition) is 9. The topological polar surface area (TPSA) is 111 Å². The summed E-state index contributed by atoms with van der Waals surface area (Å²) < 4.78 is 17.5. The Morgan fingerprint density at radius 2 is 2.00 bits per heavy atom. The van der Waals surface area contributed by atoms with Crippen molar-refractivity contribution in [2.75, 3.05) is 44.5 Å². The van der Waals surface area contributed by atoms with Crippen molar-refractivity contribution in [2.24, 2.45) is 0 Å². The van der Waals surface area contributed by atoms with E-state index >= 15 is 0 Å². The molecule has 1 aliphatic rings. The van der Waals surface area contributed by atoms with E-state index in [1.54, 1.807) is 6.20 Å². The van der Waals surface area contributed by atoms with Crippen LogP contribution in [0.3, 0.4) is 0 Å². The highest BCUT2D eigenvalue weighted by Gasteiger charge is 2.20. The predicted molar refractivity (Wildman–Crippen MR) is 154 cm³/mol. The van der Waals surface area contributed by atoms with Crippen LogP contribution in [0.25, 0.3) is 10.9 Å². The quantitative estimate of drug-likeness (QED) is 0.264. The van der Waals surface area contributed by atoms with E-state index in [-0.39, 0.29) is 12.0 Å². The van der Waals surface area contributed by atoms with Gasteiger partial charge in [0, 0.05) is 42.4 Å². The van der Waals surface area contributed by atoms with Crippen molar-refractivity contribution < 1.29 is 19.0 Å². The number of anilines is 3. The zero-order valence-corrected chi connectivity index (χ0v) is 22.5. The summed E-state index contributed by atoms with van der Waals surface area (Å²) in [5, 5.41) is 7.05. The molecular weight excluding hydrogens is 508 g/mol. The van der Waals surface area contributed by atoms with Crippen LogP contribution in [0.2, 0.25) is 0 Å². The molecule has 0 aliphatic carbocycles. The van der Waals surface area contributed by atoms with Crippen molar-refractivity contribution in [2.45, 2.75) is 19.1 Å². The van der Waals surface area contributed by atoms with Gasteiger partial charge in [0.25, 0.3) is 0 Å². The summed E-state index contributed by atoms with van der Waals surface area (Å²) in [6.45, 7) is 2.20. The van der Waals surface area contributed by atoms with E-state index in [2.05, 4.69) is 25.6 Å². The van der Waals surface area contributed by atoms with Gasteiger partial charge in [-0.15, -0.1) is 0 Å². The Morgan fingerprint density at radius 3 is 2.75 bits per heavy atom. The molecule has 0 saturated carbocycles. The lowest BCUT2D eigenvalue weighted by Gasteiger charge is -2.17. The third kappa shape index (κ3) is 7.31. The summed E-state index contributed by atoms with van der Waals surface area (Å²) in [6, 6.07) is 17.0. The van der Waals surface area contributed by atoms with Gasteiger partial charge in [-0.25, -0.2) is 9.97 Å². The number of fused-ring (bicyclic) bond motifs is 1. The Balaban J connectivity index is 1.36. The molecule has 3 heterocycles. The van der Waals surface area contributed by atoms with Crippen LogP contribution in [-0.4, -0.2) is 65.7 Å². The van der Waals surface area contributed by atoms with Gasteiger partial charge in [-0.2, -0.15) is 0 Å². The van der Waals surface area contributed by atoms with Crippen LogP contribution in [0.15, 0.2) is 79.3 Å². The SMILES string of the molecule is CN(C)C/C=C/C(=O)Nc1cc2c(Nc3ccc(OCc4ccccn4)cc3)ncnc2cc1O[C@@H]1CCOC1. The van der Waals surface area contributed by atoms with E-state index in [0.717, 1.165) is 28.9 Å². The second kappa shape index (κ2) is 13.0. The van der Waals surface area contributed by atoms with E-state index in [4.69, 9.17) is 14.2 Å². The van der Waals surface area contributed by atoms with Gasteiger partial charge in [-0.3, -0.25) is 9.78 Å². The standard InChI is InChI=1S/C30H32N6O4/c1-36(2)14-5-7-29(37)35-27-16-25-26(17-28(27)40-24-12-15-38-19-24)32-20-33-30(25)34-21-8-10-23(11-9-21)39-18-22-6-3-4-13-31-22/h3-11,13,16-17,20,24H,12,14-15,18-19H2,1-2H3,(H,35,37)(H,32,33,34)/b7-5+/t24-/m1/s1. The van der Waals surface area contributed by atoms with Crippen LogP contribution in [-0.2, 0) is 16.1 Å². The fraction of sp³-hybridized carbons (Fsp3) is 0.267. The minimum absolute atomic E-state index is 0.0878. The van der Waals surface area contributed by atoms with Gasteiger partial charge in [0.15, 0.2) is 0 Å². The summed E-state index contributed by atoms with van der Waals surface area (Å²) in [6.07, 6.45) is 7.27. The fourth-order valence-corrected chi connectivity index (χ4v) is 4.12. The van der Waals surface area contributed by atoms with Crippen LogP contribution in [0.1, 0.15) is 12.1 Å². The lowest BCUT2D eigenvalue weighted by molar-refractivity contribution is -0.111. The molecule has 206 valence electrons. The Hall–Kier alpha value is -4.54. The maximum Gasteiger partial charge on any atom is 0.248 e. The first-order chi connectivity index (χ1) is 19.5. The average Bonchev–Trinajstić information content (AvgIpc) is 3.47. The number of amides is 1. The summed E-state index contributed by atoms with van der Waals surface area (Å²) in [5.41, 5.74) is 2.90. The normalized spacial score (nSPS) is 15.0. The zero-order valence-electron chi connectivity index (χ0n) is 22.5. The molecule has 1 aliphatic heterocycles. The van der Waals surface area contributed by atoms with Crippen molar-refractivity contribution in [3.8, 4) is 11.5 Å². The molecule has 0 bridgehead atoms. The molecule has 2 aromatic heterocycles. The number of rotatable bonds is 11. The van der Waals surface area contributed by atoms with Crippen molar-refractivity contribution >= 4 is 34.0 Å². The number of nitrogens with zero attached hydrogens (tertiary/aromatic N) is 4. The van der Waals surface area contributed by atoms with Crippen LogP contribution < -0.4 is 20.1 Å². The van der Waals surface area contributed by atoms with Gasteiger partial charge in [0.05, 0.1) is 30.1 Å². The summed E-state index contributed by atoms with van der Waals surface area (Å²) >= 11 is 0. The van der Waals surface area contributed by atoms with Crippen LogP contribution in [0.4, 0.5) is 17.2 Å². The smallest absolute Gasteiger partial charge is 0.248 e. The molecule has 0 spiro atoms. The Morgan fingerprint density at radius 1 is 1.12 bits per heavy atom. The number of pyridine rings is 1. The monoisotopic (exact) mass is 540 g/mol. The van der Waals surface area contributed by atoms with Crippen molar-refractivity contribution in [3.05, 3.63) is 85.0 Å². The van der Waals surface area contributed by atoms with Gasteiger partial charge >= 0.3 is 0 Å². The van der Waals surface area contributed by atoms with E-state index in [0.29, 0.717) is 49.1 Å². The third-order valence-electron chi connectivity index (χ3n) is 6.15. The van der Waals surface area contributed by atoms with E-state index < -0.39 is 0 Å². The van der Waals surface area contributed by atoms with Crippen LogP contribution >= 0.6 is 0 Å². The first-order valence-corrected chi connectivity index (χ1v) is 13.1. The molecule has 2 aromatic carbocycles. The predicted octanol–water partition coefficient (Wildman–Crippen LogP) is 4.57. The van der Waals surface area contributed by atoms with E-state index in [9.17, 15) is 4.79 Å². The summed E-state index contributed by atoms with van der Waals surface area (Å²) in [7, 11) is 3.89. The molecule has 0 radical (unpaired) electrons. The van der Waals surface area contributed by atoms with Crippen molar-refractivity contribution in [1.29, 1.82) is 0 Å².